The molecule has 1 aliphatic rings. The number of hydrogen-bond acceptors (Lipinski definition) is 5. The van der Waals surface area contributed by atoms with Crippen LogP contribution < -0.4 is 5.32 Å². The molecule has 1 unspecified atom stereocenters. The van der Waals surface area contributed by atoms with Crippen molar-refractivity contribution in [2.24, 2.45) is 0 Å². The minimum atomic E-state index is -0.195. The molecule has 0 radical (unpaired) electrons. The van der Waals surface area contributed by atoms with Crippen LogP contribution in [0, 0.1) is 0 Å². The lowest BCUT2D eigenvalue weighted by Crippen LogP contribution is -2.29. The maximum absolute atomic E-state index is 12.5. The summed E-state index contributed by atoms with van der Waals surface area (Å²) in [5.74, 6) is 0.398. The van der Waals surface area contributed by atoms with Crippen LogP contribution in [0.25, 0.3) is 0 Å². The second kappa shape index (κ2) is 8.94. The van der Waals surface area contributed by atoms with E-state index in [-0.39, 0.29) is 17.9 Å². The zero-order chi connectivity index (χ0) is 19.2. The highest BCUT2D eigenvalue weighted by atomic mass is 32.1. The first kappa shape index (κ1) is 19.3. The molecule has 2 aromatic heterocycles. The number of carbonyl (C=O) groups excluding carboxylic acids is 2. The first-order valence-electron chi connectivity index (χ1n) is 9.34. The summed E-state index contributed by atoms with van der Waals surface area (Å²) in [5.41, 5.74) is 0. The Balaban J connectivity index is 1.66. The molecule has 0 bridgehead atoms. The van der Waals surface area contributed by atoms with Gasteiger partial charge in [-0.15, -0.1) is 16.4 Å². The van der Waals surface area contributed by atoms with E-state index in [1.165, 1.54) is 11.3 Å². The Kier molecular flexibility index (Phi) is 6.39. The van der Waals surface area contributed by atoms with Crippen molar-refractivity contribution < 1.29 is 9.59 Å². The van der Waals surface area contributed by atoms with Crippen LogP contribution in [0.2, 0.25) is 0 Å². The SMILES string of the molecule is CC=CCC(=O)N1CCCC1c1ccc(C(=O)Nc2cn(CCC)nn2)s1. The van der Waals surface area contributed by atoms with Crippen LogP contribution in [0.4, 0.5) is 5.82 Å². The summed E-state index contributed by atoms with van der Waals surface area (Å²) >= 11 is 1.44. The monoisotopic (exact) mass is 387 g/mol. The van der Waals surface area contributed by atoms with Crippen LogP contribution in [0.5, 0.6) is 0 Å². The van der Waals surface area contributed by atoms with Gasteiger partial charge in [-0.05, 0) is 38.3 Å². The Hall–Kier alpha value is -2.48. The van der Waals surface area contributed by atoms with Crippen molar-refractivity contribution in [1.82, 2.24) is 19.9 Å². The maximum atomic E-state index is 12.5. The van der Waals surface area contributed by atoms with Gasteiger partial charge in [-0.3, -0.25) is 14.3 Å². The third-order valence-electron chi connectivity index (χ3n) is 4.51. The molecule has 1 N–H and O–H groups in total. The van der Waals surface area contributed by atoms with Gasteiger partial charge in [0.15, 0.2) is 5.82 Å². The molecule has 3 heterocycles. The first-order chi connectivity index (χ1) is 13.1. The lowest BCUT2D eigenvalue weighted by atomic mass is 10.2. The summed E-state index contributed by atoms with van der Waals surface area (Å²) in [6.07, 6.45) is 8.83. The summed E-state index contributed by atoms with van der Waals surface area (Å²) in [7, 11) is 0. The molecule has 0 spiro atoms. The number of hydrogen-bond donors (Lipinski definition) is 1. The van der Waals surface area contributed by atoms with Crippen LogP contribution in [-0.4, -0.2) is 38.3 Å². The molecule has 1 atom stereocenters. The van der Waals surface area contributed by atoms with Crippen LogP contribution in [0.1, 0.15) is 60.1 Å². The molecule has 0 saturated carbocycles. The number of allylic oxidation sites excluding steroid dienone is 1. The Morgan fingerprint density at radius 2 is 2.26 bits per heavy atom. The molecule has 3 rings (SSSR count). The standard InChI is InChI=1S/C19H25N5O2S/c1-3-5-8-18(25)24-12-6-7-14(24)15-9-10-16(27-15)19(26)20-17-13-23(11-4-2)22-21-17/h3,5,9-10,13-14H,4,6-8,11-12H2,1-2H3,(H,20,26). The van der Waals surface area contributed by atoms with Gasteiger partial charge >= 0.3 is 0 Å². The number of rotatable bonds is 7. The number of anilines is 1. The number of nitrogens with one attached hydrogen (secondary N) is 1. The van der Waals surface area contributed by atoms with Crippen molar-refractivity contribution in [2.75, 3.05) is 11.9 Å². The Morgan fingerprint density at radius 1 is 1.41 bits per heavy atom. The summed E-state index contributed by atoms with van der Waals surface area (Å²) in [4.78, 5) is 28.5. The van der Waals surface area contributed by atoms with Gasteiger partial charge in [0.25, 0.3) is 5.91 Å². The predicted octanol–water partition coefficient (Wildman–Crippen LogP) is 3.63. The van der Waals surface area contributed by atoms with Crippen LogP contribution >= 0.6 is 11.3 Å². The van der Waals surface area contributed by atoms with Gasteiger partial charge in [0.1, 0.15) is 0 Å². The Labute approximate surface area is 163 Å². The van der Waals surface area contributed by atoms with Crippen LogP contribution in [0.15, 0.2) is 30.5 Å². The van der Waals surface area contributed by atoms with Gasteiger partial charge in [0, 0.05) is 24.4 Å². The average molecular weight is 388 g/mol. The third-order valence-corrected chi connectivity index (χ3v) is 5.70. The lowest BCUT2D eigenvalue weighted by molar-refractivity contribution is -0.131. The first-order valence-corrected chi connectivity index (χ1v) is 10.2. The summed E-state index contributed by atoms with van der Waals surface area (Å²) in [6, 6.07) is 3.85. The Bertz CT molecular complexity index is 826. The number of thiophene rings is 1. The second-order valence-electron chi connectivity index (χ2n) is 6.54. The highest BCUT2D eigenvalue weighted by Gasteiger charge is 2.30. The summed E-state index contributed by atoms with van der Waals surface area (Å²) in [6.45, 7) is 5.52. The fraction of sp³-hybridized carbons (Fsp3) is 0.474. The van der Waals surface area contributed by atoms with Crippen molar-refractivity contribution in [3.05, 3.63) is 40.2 Å². The van der Waals surface area contributed by atoms with Gasteiger partial charge in [0.2, 0.25) is 5.91 Å². The fourth-order valence-corrected chi connectivity index (χ4v) is 4.27. The van der Waals surface area contributed by atoms with Crippen LogP contribution in [0.3, 0.4) is 0 Å². The number of amides is 2. The van der Waals surface area contributed by atoms with E-state index in [1.807, 2.05) is 36.1 Å². The smallest absolute Gasteiger partial charge is 0.266 e. The van der Waals surface area contributed by atoms with E-state index in [1.54, 1.807) is 10.9 Å². The molecule has 144 valence electrons. The zero-order valence-electron chi connectivity index (χ0n) is 15.7. The molecule has 7 nitrogen and oxygen atoms in total. The van der Waals surface area contributed by atoms with Gasteiger partial charge in [0.05, 0.1) is 17.1 Å². The maximum Gasteiger partial charge on any atom is 0.266 e. The summed E-state index contributed by atoms with van der Waals surface area (Å²) < 4.78 is 1.71. The number of carbonyl (C=O) groups is 2. The molecule has 2 amide bonds. The van der Waals surface area contributed by atoms with Crippen molar-refractivity contribution in [3.8, 4) is 0 Å². The highest BCUT2D eigenvalue weighted by molar-refractivity contribution is 7.14. The molecule has 1 aliphatic heterocycles. The van der Waals surface area contributed by atoms with Gasteiger partial charge in [-0.1, -0.05) is 24.3 Å². The van der Waals surface area contributed by atoms with E-state index in [0.29, 0.717) is 17.1 Å². The largest absolute Gasteiger partial charge is 0.335 e. The molecular formula is C19H25N5O2S. The van der Waals surface area contributed by atoms with Crippen molar-refractivity contribution in [2.45, 2.75) is 52.1 Å². The number of likely N-dealkylation sites (tertiary alicyclic amines) is 1. The molecule has 2 aromatic rings. The summed E-state index contributed by atoms with van der Waals surface area (Å²) in [5, 5.41) is 10.7. The fourth-order valence-electron chi connectivity index (χ4n) is 3.22. The van der Waals surface area contributed by atoms with Crippen molar-refractivity contribution in [1.29, 1.82) is 0 Å². The zero-order valence-corrected chi connectivity index (χ0v) is 16.5. The van der Waals surface area contributed by atoms with Gasteiger partial charge in [-0.2, -0.15) is 0 Å². The van der Waals surface area contributed by atoms with Gasteiger partial charge < -0.3 is 10.2 Å². The van der Waals surface area contributed by atoms with E-state index in [0.717, 1.165) is 37.2 Å². The number of aryl methyl sites for hydroxylation is 1. The minimum absolute atomic E-state index is 0.0692. The Morgan fingerprint density at radius 3 is 3.04 bits per heavy atom. The van der Waals surface area contributed by atoms with E-state index < -0.39 is 0 Å². The van der Waals surface area contributed by atoms with Crippen molar-refractivity contribution in [3.63, 3.8) is 0 Å². The predicted molar refractivity (Wildman–Crippen MR) is 106 cm³/mol. The number of aromatic nitrogens is 3. The number of nitrogens with zero attached hydrogens (tertiary/aromatic N) is 4. The molecule has 8 heteroatoms. The molecule has 1 fully saturated rings. The molecule has 1 saturated heterocycles. The van der Waals surface area contributed by atoms with E-state index in [9.17, 15) is 9.59 Å². The molecular weight excluding hydrogens is 362 g/mol. The topological polar surface area (TPSA) is 80.1 Å². The minimum Gasteiger partial charge on any atom is -0.335 e. The average Bonchev–Trinajstić information content (AvgIpc) is 3.39. The van der Waals surface area contributed by atoms with E-state index in [2.05, 4.69) is 22.6 Å². The highest BCUT2D eigenvalue weighted by Crippen LogP contribution is 2.36. The van der Waals surface area contributed by atoms with Crippen LogP contribution in [-0.2, 0) is 11.3 Å². The van der Waals surface area contributed by atoms with Gasteiger partial charge in [-0.25, -0.2) is 0 Å². The van der Waals surface area contributed by atoms with Crippen molar-refractivity contribution >= 4 is 29.0 Å². The van der Waals surface area contributed by atoms with E-state index in [4.69, 9.17) is 0 Å². The normalized spacial score (nSPS) is 17.0. The lowest BCUT2D eigenvalue weighted by Gasteiger charge is -2.23. The molecule has 0 aromatic carbocycles. The second-order valence-corrected chi connectivity index (χ2v) is 7.66. The molecule has 27 heavy (non-hydrogen) atoms. The third kappa shape index (κ3) is 4.63. The van der Waals surface area contributed by atoms with E-state index >= 15 is 0 Å². The molecule has 0 aliphatic carbocycles. The quantitative estimate of drug-likeness (QED) is 0.736.